The molecule has 1 aliphatic rings. The summed E-state index contributed by atoms with van der Waals surface area (Å²) in [6.45, 7) is 6.42. The summed E-state index contributed by atoms with van der Waals surface area (Å²) in [5, 5.41) is 0. The van der Waals surface area contributed by atoms with Crippen LogP contribution in [0.25, 0.3) is 0 Å². The molecular formula is C15H23FN2O. The molecule has 1 aliphatic heterocycles. The van der Waals surface area contributed by atoms with Crippen LogP contribution in [0, 0.1) is 18.7 Å². The number of hydrogen-bond donors (Lipinski definition) is 1. The summed E-state index contributed by atoms with van der Waals surface area (Å²) in [6.07, 6.45) is 1.11. The zero-order valence-electron chi connectivity index (χ0n) is 11.9. The molecule has 1 saturated heterocycles. The Kier molecular flexibility index (Phi) is 4.42. The SMILES string of the molecule is COCC1CCN(c2cc(C)c(F)cc2[C@H](C)N)C1. The predicted molar refractivity (Wildman–Crippen MR) is 75.9 cm³/mol. The molecular weight excluding hydrogens is 243 g/mol. The number of methoxy groups -OCH3 is 1. The van der Waals surface area contributed by atoms with Crippen LogP contribution in [0.5, 0.6) is 0 Å². The summed E-state index contributed by atoms with van der Waals surface area (Å²) in [5.74, 6) is 0.375. The first kappa shape index (κ1) is 14.3. The number of nitrogens with zero attached hydrogens (tertiary/aromatic N) is 1. The lowest BCUT2D eigenvalue weighted by Crippen LogP contribution is -2.24. The molecule has 0 aliphatic carbocycles. The van der Waals surface area contributed by atoms with Gasteiger partial charge in [-0.05, 0) is 43.5 Å². The van der Waals surface area contributed by atoms with Gasteiger partial charge >= 0.3 is 0 Å². The maximum atomic E-state index is 13.7. The Balaban J connectivity index is 2.26. The van der Waals surface area contributed by atoms with Crippen molar-refractivity contribution in [3.63, 3.8) is 0 Å². The van der Waals surface area contributed by atoms with Crippen LogP contribution >= 0.6 is 0 Å². The number of ether oxygens (including phenoxy) is 1. The summed E-state index contributed by atoms with van der Waals surface area (Å²) in [6, 6.07) is 3.34. The van der Waals surface area contributed by atoms with Gasteiger partial charge in [0.2, 0.25) is 0 Å². The third-order valence-corrected chi connectivity index (χ3v) is 3.83. The third-order valence-electron chi connectivity index (χ3n) is 3.83. The Labute approximate surface area is 114 Å². The van der Waals surface area contributed by atoms with E-state index < -0.39 is 0 Å². The average Bonchev–Trinajstić information content (AvgIpc) is 2.81. The van der Waals surface area contributed by atoms with Crippen molar-refractivity contribution in [1.29, 1.82) is 0 Å². The first-order valence-electron chi connectivity index (χ1n) is 6.82. The second kappa shape index (κ2) is 5.88. The Morgan fingerprint density at radius 1 is 1.53 bits per heavy atom. The topological polar surface area (TPSA) is 38.5 Å². The monoisotopic (exact) mass is 266 g/mol. The number of rotatable bonds is 4. The van der Waals surface area contributed by atoms with E-state index >= 15 is 0 Å². The van der Waals surface area contributed by atoms with Crippen molar-refractivity contribution in [3.05, 3.63) is 29.1 Å². The minimum Gasteiger partial charge on any atom is -0.384 e. The standard InChI is InChI=1S/C15H23FN2O/c1-10-6-15(13(11(2)17)7-14(10)16)18-5-4-12(8-18)9-19-3/h6-7,11-12H,4-5,8-9,17H2,1-3H3/t11-,12?/m0/s1. The molecule has 0 amide bonds. The highest BCUT2D eigenvalue weighted by molar-refractivity contribution is 5.57. The van der Waals surface area contributed by atoms with Crippen molar-refractivity contribution in [2.24, 2.45) is 11.7 Å². The molecule has 0 radical (unpaired) electrons. The highest BCUT2D eigenvalue weighted by atomic mass is 19.1. The van der Waals surface area contributed by atoms with Gasteiger partial charge in [0.25, 0.3) is 0 Å². The molecule has 4 heteroatoms. The lowest BCUT2D eigenvalue weighted by atomic mass is 10.0. The lowest BCUT2D eigenvalue weighted by Gasteiger charge is -2.24. The highest BCUT2D eigenvalue weighted by Crippen LogP contribution is 2.32. The summed E-state index contributed by atoms with van der Waals surface area (Å²) >= 11 is 0. The Morgan fingerprint density at radius 2 is 2.26 bits per heavy atom. The largest absolute Gasteiger partial charge is 0.384 e. The van der Waals surface area contributed by atoms with Crippen molar-refractivity contribution >= 4 is 5.69 Å². The normalized spacial score (nSPS) is 20.9. The van der Waals surface area contributed by atoms with E-state index in [4.69, 9.17) is 10.5 Å². The van der Waals surface area contributed by atoms with Crippen LogP contribution in [0.1, 0.15) is 30.5 Å². The first-order valence-corrected chi connectivity index (χ1v) is 6.82. The predicted octanol–water partition coefficient (Wildman–Crippen LogP) is 2.63. The minimum absolute atomic E-state index is 0.161. The van der Waals surface area contributed by atoms with Gasteiger partial charge in [-0.25, -0.2) is 4.39 Å². The number of anilines is 1. The Bertz CT molecular complexity index is 448. The van der Waals surface area contributed by atoms with Gasteiger partial charge < -0.3 is 15.4 Å². The van der Waals surface area contributed by atoms with Gasteiger partial charge in [0.15, 0.2) is 0 Å². The fourth-order valence-electron chi connectivity index (χ4n) is 2.74. The zero-order chi connectivity index (χ0) is 14.0. The number of halogens is 1. The molecule has 0 aromatic heterocycles. The first-order chi connectivity index (χ1) is 9.02. The van der Waals surface area contributed by atoms with Gasteiger partial charge in [0, 0.05) is 37.8 Å². The van der Waals surface area contributed by atoms with Crippen LogP contribution in [0.2, 0.25) is 0 Å². The molecule has 0 spiro atoms. The van der Waals surface area contributed by atoms with Crippen LogP contribution < -0.4 is 10.6 Å². The van der Waals surface area contributed by atoms with Gasteiger partial charge in [0.05, 0.1) is 6.61 Å². The third kappa shape index (κ3) is 3.07. The van der Waals surface area contributed by atoms with Crippen LogP contribution in [-0.2, 0) is 4.74 Å². The fraction of sp³-hybridized carbons (Fsp3) is 0.600. The maximum Gasteiger partial charge on any atom is 0.126 e. The van der Waals surface area contributed by atoms with Crippen molar-refractivity contribution in [2.45, 2.75) is 26.3 Å². The highest BCUT2D eigenvalue weighted by Gasteiger charge is 2.25. The summed E-state index contributed by atoms with van der Waals surface area (Å²) in [5.41, 5.74) is 8.62. The Hall–Kier alpha value is -1.13. The molecule has 2 N–H and O–H groups in total. The summed E-state index contributed by atoms with van der Waals surface area (Å²) < 4.78 is 18.9. The van der Waals surface area contributed by atoms with E-state index in [2.05, 4.69) is 4.90 Å². The molecule has 1 aromatic rings. The second-order valence-electron chi connectivity index (χ2n) is 5.50. The number of aryl methyl sites for hydroxylation is 1. The van der Waals surface area contributed by atoms with Crippen molar-refractivity contribution in [1.82, 2.24) is 0 Å². The molecule has 1 aromatic carbocycles. The minimum atomic E-state index is -0.177. The average molecular weight is 266 g/mol. The molecule has 0 bridgehead atoms. The van der Waals surface area contributed by atoms with Crippen molar-refractivity contribution < 1.29 is 9.13 Å². The van der Waals surface area contributed by atoms with Crippen LogP contribution in [0.3, 0.4) is 0 Å². The van der Waals surface area contributed by atoms with E-state index in [-0.39, 0.29) is 11.9 Å². The van der Waals surface area contributed by atoms with E-state index in [0.717, 1.165) is 37.4 Å². The van der Waals surface area contributed by atoms with Gasteiger partial charge in [-0.2, -0.15) is 0 Å². The van der Waals surface area contributed by atoms with E-state index in [0.29, 0.717) is 11.5 Å². The van der Waals surface area contributed by atoms with Crippen molar-refractivity contribution in [2.75, 3.05) is 31.7 Å². The molecule has 1 unspecified atom stereocenters. The number of nitrogens with two attached hydrogens (primary N) is 1. The smallest absolute Gasteiger partial charge is 0.126 e. The van der Waals surface area contributed by atoms with Gasteiger partial charge in [-0.1, -0.05) is 0 Å². The fourth-order valence-corrected chi connectivity index (χ4v) is 2.74. The van der Waals surface area contributed by atoms with Gasteiger partial charge in [-0.3, -0.25) is 0 Å². The van der Waals surface area contributed by atoms with E-state index in [9.17, 15) is 4.39 Å². The van der Waals surface area contributed by atoms with Gasteiger partial charge in [0.1, 0.15) is 5.82 Å². The molecule has 3 nitrogen and oxygen atoms in total. The van der Waals surface area contributed by atoms with Crippen LogP contribution in [0.15, 0.2) is 12.1 Å². The van der Waals surface area contributed by atoms with Crippen molar-refractivity contribution in [3.8, 4) is 0 Å². The maximum absolute atomic E-state index is 13.7. The summed E-state index contributed by atoms with van der Waals surface area (Å²) in [7, 11) is 1.73. The van der Waals surface area contributed by atoms with E-state index in [1.165, 1.54) is 0 Å². The quantitative estimate of drug-likeness (QED) is 0.910. The molecule has 2 atom stereocenters. The summed E-state index contributed by atoms with van der Waals surface area (Å²) in [4.78, 5) is 2.30. The Morgan fingerprint density at radius 3 is 2.89 bits per heavy atom. The molecule has 1 fully saturated rings. The van der Waals surface area contributed by atoms with Crippen LogP contribution in [-0.4, -0.2) is 26.8 Å². The molecule has 106 valence electrons. The lowest BCUT2D eigenvalue weighted by molar-refractivity contribution is 0.161. The van der Waals surface area contributed by atoms with Gasteiger partial charge in [-0.15, -0.1) is 0 Å². The van der Waals surface area contributed by atoms with E-state index in [1.54, 1.807) is 20.1 Å². The zero-order valence-corrected chi connectivity index (χ0v) is 11.9. The molecule has 2 rings (SSSR count). The van der Waals surface area contributed by atoms with Crippen LogP contribution in [0.4, 0.5) is 10.1 Å². The number of benzene rings is 1. The van der Waals surface area contributed by atoms with E-state index in [1.807, 2.05) is 13.0 Å². The molecule has 0 saturated carbocycles. The molecule has 1 heterocycles. The molecule has 19 heavy (non-hydrogen) atoms. The second-order valence-corrected chi connectivity index (χ2v) is 5.50. The number of hydrogen-bond acceptors (Lipinski definition) is 3.